The van der Waals surface area contributed by atoms with Crippen LogP contribution in [0.4, 0.5) is 4.39 Å². The Labute approximate surface area is 101 Å². The Balaban J connectivity index is 2.02. The predicted octanol–water partition coefficient (Wildman–Crippen LogP) is 2.12. The Morgan fingerprint density at radius 2 is 2.25 bits per heavy atom. The van der Waals surface area contributed by atoms with Crippen LogP contribution < -0.4 is 4.74 Å². The summed E-state index contributed by atoms with van der Waals surface area (Å²) in [6, 6.07) is 4.56. The quantitative estimate of drug-likeness (QED) is 0.927. The monoisotopic (exact) mass is 290 g/mol. The maximum Gasteiger partial charge on any atom is 0.141 e. The van der Waals surface area contributed by atoms with Gasteiger partial charge in [0.25, 0.3) is 0 Å². The number of aliphatic hydroxyl groups is 1. The van der Waals surface area contributed by atoms with Gasteiger partial charge in [-0.1, -0.05) is 0 Å². The van der Waals surface area contributed by atoms with Crippen LogP contribution in [-0.2, 0) is 4.74 Å². The first-order valence-corrected chi connectivity index (χ1v) is 5.73. The van der Waals surface area contributed by atoms with Crippen LogP contribution in [-0.4, -0.2) is 30.5 Å². The minimum absolute atomic E-state index is 0.208. The zero-order valence-corrected chi connectivity index (χ0v) is 10.3. The Morgan fingerprint density at radius 1 is 1.50 bits per heavy atom. The van der Waals surface area contributed by atoms with E-state index in [1.54, 1.807) is 12.1 Å². The van der Waals surface area contributed by atoms with Gasteiger partial charge >= 0.3 is 0 Å². The van der Waals surface area contributed by atoms with Crippen molar-refractivity contribution >= 4 is 15.9 Å². The maximum absolute atomic E-state index is 13.2. The first-order chi connectivity index (χ1) is 7.61. The third-order valence-corrected chi connectivity index (χ3v) is 3.31. The molecule has 16 heavy (non-hydrogen) atoms. The number of halogens is 2. The lowest BCUT2D eigenvalue weighted by molar-refractivity contribution is -0.149. The van der Waals surface area contributed by atoms with Crippen LogP contribution in [0.5, 0.6) is 5.75 Å². The summed E-state index contributed by atoms with van der Waals surface area (Å²) in [5, 5.41) is 9.37. The van der Waals surface area contributed by atoms with Crippen molar-refractivity contribution in [3.05, 3.63) is 28.5 Å². The molecule has 5 heteroatoms. The molecule has 2 rings (SSSR count). The van der Waals surface area contributed by atoms with Crippen molar-refractivity contribution in [3.8, 4) is 5.75 Å². The molecular formula is C11H12BrFO3. The Kier molecular flexibility index (Phi) is 3.47. The molecule has 1 aromatic carbocycles. The van der Waals surface area contributed by atoms with Crippen molar-refractivity contribution in [2.24, 2.45) is 0 Å². The summed E-state index contributed by atoms with van der Waals surface area (Å²) in [4.78, 5) is 0. The molecule has 3 atom stereocenters. The van der Waals surface area contributed by atoms with Gasteiger partial charge in [0.2, 0.25) is 0 Å². The van der Waals surface area contributed by atoms with Gasteiger partial charge in [-0.25, -0.2) is 4.39 Å². The smallest absolute Gasteiger partial charge is 0.141 e. The van der Waals surface area contributed by atoms with Crippen molar-refractivity contribution in [2.75, 3.05) is 7.11 Å². The fraction of sp³-hybridized carbons (Fsp3) is 0.455. The van der Waals surface area contributed by atoms with E-state index in [1.807, 2.05) is 0 Å². The number of ether oxygens (including phenoxy) is 2. The normalized spacial score (nSPS) is 28.6. The number of hydrogen-bond donors (Lipinski definition) is 1. The fourth-order valence-corrected chi connectivity index (χ4v) is 1.95. The third-order valence-electron chi connectivity index (χ3n) is 2.67. The van der Waals surface area contributed by atoms with Crippen molar-refractivity contribution in [1.29, 1.82) is 0 Å². The predicted molar refractivity (Wildman–Crippen MR) is 59.9 cm³/mol. The van der Waals surface area contributed by atoms with E-state index in [2.05, 4.69) is 15.9 Å². The number of rotatable bonds is 3. The molecular weight excluding hydrogens is 279 g/mol. The van der Waals surface area contributed by atoms with E-state index in [0.29, 0.717) is 16.6 Å². The molecule has 1 N–H and O–H groups in total. The molecule has 3 nitrogen and oxygen atoms in total. The van der Waals surface area contributed by atoms with E-state index in [-0.39, 0.29) is 18.0 Å². The molecule has 88 valence electrons. The minimum atomic E-state index is -0.490. The average molecular weight is 291 g/mol. The molecule has 0 aromatic heterocycles. The number of hydrogen-bond acceptors (Lipinski definition) is 3. The second-order valence-electron chi connectivity index (χ2n) is 3.74. The number of methoxy groups -OCH3 is 1. The maximum atomic E-state index is 13.2. The summed E-state index contributed by atoms with van der Waals surface area (Å²) in [5.41, 5.74) is 0. The van der Waals surface area contributed by atoms with Gasteiger partial charge in [0.05, 0.1) is 10.6 Å². The first-order valence-electron chi connectivity index (χ1n) is 4.94. The molecule has 0 heterocycles. The van der Waals surface area contributed by atoms with Gasteiger partial charge in [-0.3, -0.25) is 0 Å². The third kappa shape index (κ3) is 2.21. The second-order valence-corrected chi connectivity index (χ2v) is 4.59. The summed E-state index contributed by atoms with van der Waals surface area (Å²) in [6.07, 6.45) is -0.515. The van der Waals surface area contributed by atoms with E-state index in [1.165, 1.54) is 13.2 Å². The van der Waals surface area contributed by atoms with Gasteiger partial charge in [0.1, 0.15) is 23.8 Å². The van der Waals surface area contributed by atoms with Crippen LogP contribution in [0.15, 0.2) is 22.7 Å². The van der Waals surface area contributed by atoms with E-state index >= 15 is 0 Å². The summed E-state index contributed by atoms with van der Waals surface area (Å²) < 4.78 is 24.2. The summed E-state index contributed by atoms with van der Waals surface area (Å²) in [6.45, 7) is 0. The van der Waals surface area contributed by atoms with E-state index < -0.39 is 6.10 Å². The van der Waals surface area contributed by atoms with Gasteiger partial charge < -0.3 is 14.6 Å². The molecule has 0 radical (unpaired) electrons. The van der Waals surface area contributed by atoms with Crippen LogP contribution in [0, 0.1) is 5.82 Å². The molecule has 0 saturated heterocycles. The van der Waals surface area contributed by atoms with Crippen molar-refractivity contribution in [1.82, 2.24) is 0 Å². The summed E-state index contributed by atoms with van der Waals surface area (Å²) >= 11 is 3.07. The van der Waals surface area contributed by atoms with Crippen LogP contribution in [0.1, 0.15) is 6.42 Å². The highest BCUT2D eigenvalue weighted by Gasteiger charge is 2.42. The van der Waals surface area contributed by atoms with Gasteiger partial charge in [-0.15, -0.1) is 0 Å². The Bertz CT molecular complexity index is 385. The lowest BCUT2D eigenvalue weighted by Gasteiger charge is -2.39. The van der Waals surface area contributed by atoms with E-state index in [4.69, 9.17) is 9.47 Å². The van der Waals surface area contributed by atoms with Crippen LogP contribution in [0.25, 0.3) is 0 Å². The Hall–Kier alpha value is -0.650. The number of aliphatic hydroxyl groups excluding tert-OH is 1. The van der Waals surface area contributed by atoms with Crippen LogP contribution in [0.2, 0.25) is 0 Å². The zero-order valence-electron chi connectivity index (χ0n) is 8.69. The molecule has 0 amide bonds. The highest BCUT2D eigenvalue weighted by atomic mass is 79.9. The molecule has 0 aliphatic heterocycles. The van der Waals surface area contributed by atoms with Crippen molar-refractivity contribution in [3.63, 3.8) is 0 Å². The standard InChI is InChI=1S/C11H12BrFO3/c1-15-11-9(14)5-10(11)16-6-2-3-7(12)8(13)4-6/h2-4,9-11,14H,5H2,1H3. The van der Waals surface area contributed by atoms with E-state index in [9.17, 15) is 9.50 Å². The highest BCUT2D eigenvalue weighted by molar-refractivity contribution is 9.10. The lowest BCUT2D eigenvalue weighted by atomic mass is 9.88. The van der Waals surface area contributed by atoms with Crippen molar-refractivity contribution in [2.45, 2.75) is 24.7 Å². The lowest BCUT2D eigenvalue weighted by Crippen LogP contribution is -2.54. The van der Waals surface area contributed by atoms with Gasteiger partial charge in [-0.05, 0) is 28.1 Å². The summed E-state index contributed by atoms with van der Waals surface area (Å²) in [5.74, 6) is 0.0750. The van der Waals surface area contributed by atoms with Gasteiger partial charge in [0.15, 0.2) is 0 Å². The molecule has 1 aliphatic carbocycles. The van der Waals surface area contributed by atoms with E-state index in [0.717, 1.165) is 0 Å². The summed E-state index contributed by atoms with van der Waals surface area (Å²) in [7, 11) is 1.52. The van der Waals surface area contributed by atoms with Crippen molar-refractivity contribution < 1.29 is 19.0 Å². The highest BCUT2D eigenvalue weighted by Crippen LogP contribution is 2.30. The SMILES string of the molecule is COC1C(O)CC1Oc1ccc(Br)c(F)c1. The number of benzene rings is 1. The second kappa shape index (κ2) is 4.69. The molecule has 1 aliphatic rings. The van der Waals surface area contributed by atoms with Gasteiger partial charge in [-0.2, -0.15) is 0 Å². The molecule has 0 bridgehead atoms. The van der Waals surface area contributed by atoms with Gasteiger partial charge in [0, 0.05) is 19.6 Å². The van der Waals surface area contributed by atoms with Crippen LogP contribution in [0.3, 0.4) is 0 Å². The average Bonchev–Trinajstić information content (AvgIpc) is 2.23. The molecule has 1 saturated carbocycles. The minimum Gasteiger partial charge on any atom is -0.487 e. The molecule has 1 fully saturated rings. The topological polar surface area (TPSA) is 38.7 Å². The molecule has 3 unspecified atom stereocenters. The van der Waals surface area contributed by atoms with Crippen LogP contribution >= 0.6 is 15.9 Å². The Morgan fingerprint density at radius 3 is 2.81 bits per heavy atom. The first kappa shape index (κ1) is 11.8. The fourth-order valence-electron chi connectivity index (χ4n) is 1.71. The molecule has 1 aromatic rings. The largest absolute Gasteiger partial charge is 0.487 e. The molecule has 0 spiro atoms. The zero-order chi connectivity index (χ0) is 11.7.